The fraction of sp³-hybridized carbons (Fsp3) is 0.222. The van der Waals surface area contributed by atoms with Crippen LogP contribution in [0.25, 0.3) is 0 Å². The molecule has 0 bridgehead atoms. The number of aliphatic carboxylic acids is 1. The summed E-state index contributed by atoms with van der Waals surface area (Å²) >= 11 is 3.39. The smallest absolute Gasteiger partial charge is 0.325 e. The van der Waals surface area contributed by atoms with Gasteiger partial charge in [-0.05, 0) is 42.3 Å². The lowest BCUT2D eigenvalue weighted by molar-refractivity contribution is -0.148. The molecule has 8 heteroatoms. The molecule has 2 heterocycles. The highest BCUT2D eigenvalue weighted by molar-refractivity contribution is 9.10. The number of imide groups is 1. The van der Waals surface area contributed by atoms with Gasteiger partial charge in [0.1, 0.15) is 11.3 Å². The molecule has 2 saturated heterocycles. The van der Waals surface area contributed by atoms with Gasteiger partial charge in [0.15, 0.2) is 0 Å². The van der Waals surface area contributed by atoms with E-state index in [9.17, 15) is 24.6 Å². The van der Waals surface area contributed by atoms with Crippen molar-refractivity contribution in [1.29, 1.82) is 0 Å². The van der Waals surface area contributed by atoms with Crippen LogP contribution in [0.3, 0.4) is 0 Å². The first-order valence-electron chi connectivity index (χ1n) is 11.2. The Bertz CT molecular complexity index is 1340. The van der Waals surface area contributed by atoms with E-state index in [1.807, 2.05) is 12.1 Å². The summed E-state index contributed by atoms with van der Waals surface area (Å²) in [6, 6.07) is 20.0. The summed E-state index contributed by atoms with van der Waals surface area (Å²) in [6.45, 7) is 1.80. The number of benzene rings is 3. The predicted octanol–water partition coefficient (Wildman–Crippen LogP) is 3.98. The number of fused-ring (bicyclic) bond motifs is 1. The molecule has 0 spiro atoms. The highest BCUT2D eigenvalue weighted by Crippen LogP contribution is 2.52. The molecule has 4 atom stereocenters. The summed E-state index contributed by atoms with van der Waals surface area (Å²) in [4.78, 5) is 41.9. The van der Waals surface area contributed by atoms with Gasteiger partial charge in [-0.3, -0.25) is 19.7 Å². The Labute approximate surface area is 210 Å². The van der Waals surface area contributed by atoms with Crippen molar-refractivity contribution in [3.05, 3.63) is 94.0 Å². The van der Waals surface area contributed by atoms with Gasteiger partial charge in [-0.1, -0.05) is 64.5 Å². The quantitative estimate of drug-likeness (QED) is 0.427. The van der Waals surface area contributed by atoms with E-state index in [1.54, 1.807) is 61.5 Å². The number of carboxylic acid groups (broad SMARTS) is 1. The van der Waals surface area contributed by atoms with Crippen molar-refractivity contribution < 1.29 is 24.6 Å². The molecule has 5 rings (SSSR count). The number of halogens is 1. The number of aryl methyl sites for hydroxylation is 1. The zero-order valence-corrected chi connectivity index (χ0v) is 20.4. The third-order valence-electron chi connectivity index (χ3n) is 7.04. The van der Waals surface area contributed by atoms with Crippen molar-refractivity contribution in [2.45, 2.75) is 24.9 Å². The zero-order chi connectivity index (χ0) is 24.9. The van der Waals surface area contributed by atoms with Crippen molar-refractivity contribution in [3.8, 4) is 5.75 Å². The number of nitrogens with one attached hydrogen (secondary N) is 1. The van der Waals surface area contributed by atoms with Crippen molar-refractivity contribution in [3.63, 3.8) is 0 Å². The van der Waals surface area contributed by atoms with E-state index in [0.29, 0.717) is 15.7 Å². The number of carboxylic acids is 1. The van der Waals surface area contributed by atoms with Gasteiger partial charge in [0.2, 0.25) is 11.8 Å². The Morgan fingerprint density at radius 2 is 1.71 bits per heavy atom. The molecule has 3 aromatic rings. The van der Waals surface area contributed by atoms with Crippen LogP contribution < -0.4 is 10.2 Å². The topological polar surface area (TPSA) is 107 Å². The minimum Gasteiger partial charge on any atom is -0.508 e. The zero-order valence-electron chi connectivity index (χ0n) is 18.8. The van der Waals surface area contributed by atoms with E-state index in [4.69, 9.17) is 0 Å². The van der Waals surface area contributed by atoms with E-state index >= 15 is 0 Å². The molecule has 7 nitrogen and oxygen atoms in total. The van der Waals surface area contributed by atoms with E-state index in [-0.39, 0.29) is 12.2 Å². The van der Waals surface area contributed by atoms with Gasteiger partial charge in [-0.2, -0.15) is 0 Å². The molecule has 178 valence electrons. The first-order valence-corrected chi connectivity index (χ1v) is 12.0. The molecule has 2 fully saturated rings. The number of carbonyl (C=O) groups excluding carboxylic acids is 2. The Morgan fingerprint density at radius 1 is 1.03 bits per heavy atom. The van der Waals surface area contributed by atoms with Gasteiger partial charge in [0.05, 0.1) is 17.5 Å². The Balaban J connectivity index is 1.70. The first kappa shape index (κ1) is 23.3. The maximum absolute atomic E-state index is 13.9. The third-order valence-corrected chi connectivity index (χ3v) is 7.54. The van der Waals surface area contributed by atoms with E-state index in [2.05, 4.69) is 21.2 Å². The van der Waals surface area contributed by atoms with Crippen molar-refractivity contribution in [2.24, 2.45) is 11.8 Å². The number of anilines is 1. The number of hydrogen-bond donors (Lipinski definition) is 3. The normalized spacial score (nSPS) is 25.7. The van der Waals surface area contributed by atoms with Crippen LogP contribution in [-0.4, -0.2) is 33.5 Å². The third kappa shape index (κ3) is 3.64. The predicted molar refractivity (Wildman–Crippen MR) is 133 cm³/mol. The van der Waals surface area contributed by atoms with Crippen molar-refractivity contribution >= 4 is 39.4 Å². The first-order chi connectivity index (χ1) is 16.7. The van der Waals surface area contributed by atoms with Gasteiger partial charge in [-0.25, -0.2) is 4.90 Å². The number of nitrogens with zero attached hydrogens (tertiary/aromatic N) is 1. The lowest BCUT2D eigenvalue weighted by Crippen LogP contribution is -2.57. The molecule has 4 unspecified atom stereocenters. The molecule has 0 saturated carbocycles. The van der Waals surface area contributed by atoms with E-state index in [0.717, 1.165) is 16.0 Å². The molecule has 2 amide bonds. The molecule has 3 aromatic carbocycles. The summed E-state index contributed by atoms with van der Waals surface area (Å²) in [5.41, 5.74) is 0.490. The standard InChI is InChI=1S/C27H23BrN2O5/c1-15-7-5-6-10-19(15)30-24(32)21-22(25(30)33)27(26(34)35,14-16-8-3-2-4-9-16)29-23(21)18-13-17(28)11-12-20(18)31/h2-13,21-23,29,31H,14H2,1H3,(H,34,35). The van der Waals surface area contributed by atoms with Gasteiger partial charge in [0.25, 0.3) is 0 Å². The maximum Gasteiger partial charge on any atom is 0.325 e. The molecular weight excluding hydrogens is 512 g/mol. The average Bonchev–Trinajstić information content (AvgIpc) is 3.31. The number of rotatable bonds is 5. The van der Waals surface area contributed by atoms with Crippen LogP contribution in [-0.2, 0) is 20.8 Å². The fourth-order valence-corrected chi connectivity index (χ4v) is 5.83. The Morgan fingerprint density at radius 3 is 2.40 bits per heavy atom. The number of para-hydroxylation sites is 1. The molecule has 2 aliphatic rings. The molecule has 0 aliphatic carbocycles. The number of carbonyl (C=O) groups is 3. The number of aromatic hydroxyl groups is 1. The summed E-state index contributed by atoms with van der Waals surface area (Å²) in [5.74, 6) is -4.53. The average molecular weight is 535 g/mol. The fourth-order valence-electron chi connectivity index (χ4n) is 5.45. The van der Waals surface area contributed by atoms with Gasteiger partial charge >= 0.3 is 5.97 Å². The highest BCUT2D eigenvalue weighted by atomic mass is 79.9. The van der Waals surface area contributed by atoms with Crippen LogP contribution in [0.5, 0.6) is 5.75 Å². The maximum atomic E-state index is 13.9. The second-order valence-corrected chi connectivity index (χ2v) is 9.98. The number of phenols is 1. The number of phenolic OH excluding ortho intramolecular Hbond substituents is 1. The SMILES string of the molecule is Cc1ccccc1N1C(=O)C2C(c3cc(Br)ccc3O)NC(Cc3ccccc3)(C(=O)O)C2C1=O. The molecular formula is C27H23BrN2O5. The Hall–Kier alpha value is -3.49. The van der Waals surface area contributed by atoms with Gasteiger partial charge in [-0.15, -0.1) is 0 Å². The largest absolute Gasteiger partial charge is 0.508 e. The van der Waals surface area contributed by atoms with Crippen LogP contribution in [0.2, 0.25) is 0 Å². The van der Waals surface area contributed by atoms with Crippen LogP contribution in [0.1, 0.15) is 22.7 Å². The van der Waals surface area contributed by atoms with Gasteiger partial charge < -0.3 is 10.2 Å². The number of amides is 2. The second kappa shape index (κ2) is 8.62. The molecule has 35 heavy (non-hydrogen) atoms. The van der Waals surface area contributed by atoms with Crippen molar-refractivity contribution in [2.75, 3.05) is 4.90 Å². The summed E-state index contributed by atoms with van der Waals surface area (Å²) < 4.78 is 0.659. The summed E-state index contributed by atoms with van der Waals surface area (Å²) in [5, 5.41) is 24.4. The van der Waals surface area contributed by atoms with E-state index in [1.165, 1.54) is 6.07 Å². The van der Waals surface area contributed by atoms with Crippen LogP contribution >= 0.6 is 15.9 Å². The summed E-state index contributed by atoms with van der Waals surface area (Å²) in [6.07, 6.45) is -0.00373. The molecule has 0 aromatic heterocycles. The van der Waals surface area contributed by atoms with Crippen LogP contribution in [0.4, 0.5) is 5.69 Å². The minimum absolute atomic E-state index is 0.00373. The molecule has 0 radical (unpaired) electrons. The minimum atomic E-state index is -1.75. The highest BCUT2D eigenvalue weighted by Gasteiger charge is 2.69. The second-order valence-electron chi connectivity index (χ2n) is 9.07. The van der Waals surface area contributed by atoms with Crippen LogP contribution in [0, 0.1) is 18.8 Å². The van der Waals surface area contributed by atoms with Crippen LogP contribution in [0.15, 0.2) is 77.3 Å². The molecule has 3 N–H and O–H groups in total. The Kier molecular flexibility index (Phi) is 5.73. The van der Waals surface area contributed by atoms with E-state index < -0.39 is 41.2 Å². The molecule has 2 aliphatic heterocycles. The number of hydrogen-bond acceptors (Lipinski definition) is 5. The van der Waals surface area contributed by atoms with Gasteiger partial charge in [0, 0.05) is 22.5 Å². The summed E-state index contributed by atoms with van der Waals surface area (Å²) in [7, 11) is 0. The lowest BCUT2D eigenvalue weighted by atomic mass is 9.76. The monoisotopic (exact) mass is 534 g/mol. The lowest BCUT2D eigenvalue weighted by Gasteiger charge is -2.31. The van der Waals surface area contributed by atoms with Crippen molar-refractivity contribution in [1.82, 2.24) is 5.32 Å².